The second kappa shape index (κ2) is 6.51. The second-order valence-electron chi connectivity index (χ2n) is 3.89. The van der Waals surface area contributed by atoms with Gasteiger partial charge in [0.05, 0.1) is 11.6 Å². The van der Waals surface area contributed by atoms with Crippen LogP contribution in [0.2, 0.25) is 0 Å². The third-order valence-corrected chi connectivity index (χ3v) is 3.07. The van der Waals surface area contributed by atoms with Crippen LogP contribution in [0.3, 0.4) is 0 Å². The zero-order valence-corrected chi connectivity index (χ0v) is 12.7. The van der Waals surface area contributed by atoms with Crippen molar-refractivity contribution in [2.45, 2.75) is 6.92 Å². The Kier molecular flexibility index (Phi) is 4.73. The zero-order valence-electron chi connectivity index (χ0n) is 11.1. The van der Waals surface area contributed by atoms with Crippen molar-refractivity contribution in [2.75, 3.05) is 24.3 Å². The van der Waals surface area contributed by atoms with E-state index in [2.05, 4.69) is 36.5 Å². The lowest BCUT2D eigenvalue weighted by Crippen LogP contribution is -2.04. The van der Waals surface area contributed by atoms with E-state index in [4.69, 9.17) is 4.74 Å². The van der Waals surface area contributed by atoms with Gasteiger partial charge in [-0.15, -0.1) is 0 Å². The first-order valence-corrected chi connectivity index (χ1v) is 6.80. The maximum absolute atomic E-state index is 13.4. The molecule has 0 bridgehead atoms. The number of nitrogens with zero attached hydrogens (tertiary/aromatic N) is 2. The summed E-state index contributed by atoms with van der Waals surface area (Å²) in [5.41, 5.74) is 0.671. The van der Waals surface area contributed by atoms with E-state index in [1.165, 1.54) is 13.2 Å². The number of hydrogen-bond acceptors (Lipinski definition) is 5. The van der Waals surface area contributed by atoms with Crippen LogP contribution < -0.4 is 15.4 Å². The van der Waals surface area contributed by atoms with Gasteiger partial charge in [-0.25, -0.2) is 9.37 Å². The molecule has 0 radical (unpaired) electrons. The summed E-state index contributed by atoms with van der Waals surface area (Å²) >= 11 is 3.37. The smallest absolute Gasteiger partial charge is 0.224 e. The number of anilines is 3. The lowest BCUT2D eigenvalue weighted by molar-refractivity contribution is 0.387. The monoisotopic (exact) mass is 340 g/mol. The van der Waals surface area contributed by atoms with E-state index in [1.54, 1.807) is 18.3 Å². The molecule has 0 spiro atoms. The standard InChI is InChI=1S/C13H14BrFN4O/c1-3-16-13-17-7-9(14)12(19-13)18-8-4-5-10(15)11(6-8)20-2/h4-7H,3H2,1-2H3,(H2,16,17,18,19). The normalized spacial score (nSPS) is 10.2. The third kappa shape index (κ3) is 3.36. The van der Waals surface area contributed by atoms with Gasteiger partial charge in [-0.3, -0.25) is 0 Å². The molecule has 0 saturated carbocycles. The molecular formula is C13H14BrFN4O. The van der Waals surface area contributed by atoms with Crippen molar-refractivity contribution in [3.63, 3.8) is 0 Å². The molecule has 2 rings (SSSR count). The van der Waals surface area contributed by atoms with Gasteiger partial charge >= 0.3 is 0 Å². The molecule has 0 aliphatic heterocycles. The lowest BCUT2D eigenvalue weighted by atomic mass is 10.3. The fourth-order valence-corrected chi connectivity index (χ4v) is 1.86. The van der Waals surface area contributed by atoms with E-state index < -0.39 is 5.82 Å². The highest BCUT2D eigenvalue weighted by molar-refractivity contribution is 9.10. The van der Waals surface area contributed by atoms with Gasteiger partial charge in [0, 0.05) is 24.5 Å². The maximum Gasteiger partial charge on any atom is 0.224 e. The van der Waals surface area contributed by atoms with Crippen LogP contribution in [-0.2, 0) is 0 Å². The van der Waals surface area contributed by atoms with Crippen molar-refractivity contribution in [1.82, 2.24) is 9.97 Å². The van der Waals surface area contributed by atoms with E-state index >= 15 is 0 Å². The summed E-state index contributed by atoms with van der Waals surface area (Å²) in [5, 5.41) is 6.11. The largest absolute Gasteiger partial charge is 0.494 e. The fraction of sp³-hybridized carbons (Fsp3) is 0.231. The predicted molar refractivity (Wildman–Crippen MR) is 80.1 cm³/mol. The molecule has 0 amide bonds. The Hall–Kier alpha value is -1.89. The molecular weight excluding hydrogens is 327 g/mol. The molecule has 2 N–H and O–H groups in total. The van der Waals surface area contributed by atoms with Gasteiger partial charge in [-0.05, 0) is 35.0 Å². The molecule has 20 heavy (non-hydrogen) atoms. The molecule has 0 unspecified atom stereocenters. The first-order valence-electron chi connectivity index (χ1n) is 6.01. The Balaban J connectivity index is 2.27. The lowest BCUT2D eigenvalue weighted by Gasteiger charge is -2.10. The SMILES string of the molecule is CCNc1ncc(Br)c(Nc2ccc(F)c(OC)c2)n1. The average Bonchev–Trinajstić information content (AvgIpc) is 2.45. The van der Waals surface area contributed by atoms with Gasteiger partial charge in [-0.2, -0.15) is 4.98 Å². The summed E-state index contributed by atoms with van der Waals surface area (Å²) in [6.07, 6.45) is 1.65. The van der Waals surface area contributed by atoms with Gasteiger partial charge in [0.2, 0.25) is 5.95 Å². The van der Waals surface area contributed by atoms with Crippen LogP contribution in [0.1, 0.15) is 6.92 Å². The van der Waals surface area contributed by atoms with E-state index in [1.807, 2.05) is 6.92 Å². The summed E-state index contributed by atoms with van der Waals surface area (Å²) in [4.78, 5) is 8.44. The number of methoxy groups -OCH3 is 1. The van der Waals surface area contributed by atoms with Crippen LogP contribution in [0.5, 0.6) is 5.75 Å². The Morgan fingerprint density at radius 3 is 2.90 bits per heavy atom. The fourth-order valence-electron chi connectivity index (χ4n) is 1.57. The Labute approximate surface area is 124 Å². The summed E-state index contributed by atoms with van der Waals surface area (Å²) in [6, 6.07) is 4.51. The summed E-state index contributed by atoms with van der Waals surface area (Å²) in [5.74, 6) is 0.872. The Morgan fingerprint density at radius 1 is 1.40 bits per heavy atom. The van der Waals surface area contributed by atoms with Gasteiger partial charge in [0.1, 0.15) is 5.82 Å². The van der Waals surface area contributed by atoms with Gasteiger partial charge in [0.15, 0.2) is 11.6 Å². The maximum atomic E-state index is 13.4. The number of aromatic nitrogens is 2. The highest BCUT2D eigenvalue weighted by Gasteiger charge is 2.08. The van der Waals surface area contributed by atoms with Crippen molar-refractivity contribution in [2.24, 2.45) is 0 Å². The van der Waals surface area contributed by atoms with Crippen molar-refractivity contribution >= 4 is 33.4 Å². The third-order valence-electron chi connectivity index (χ3n) is 2.49. The van der Waals surface area contributed by atoms with E-state index in [0.717, 1.165) is 6.54 Å². The van der Waals surface area contributed by atoms with Crippen molar-refractivity contribution in [1.29, 1.82) is 0 Å². The minimum absolute atomic E-state index is 0.173. The van der Waals surface area contributed by atoms with Crippen LogP contribution in [0.15, 0.2) is 28.9 Å². The van der Waals surface area contributed by atoms with Gasteiger partial charge in [-0.1, -0.05) is 0 Å². The van der Waals surface area contributed by atoms with Crippen LogP contribution in [0.25, 0.3) is 0 Å². The predicted octanol–water partition coefficient (Wildman–Crippen LogP) is 3.56. The first kappa shape index (κ1) is 14.5. The molecule has 0 fully saturated rings. The quantitative estimate of drug-likeness (QED) is 0.871. The Morgan fingerprint density at radius 2 is 2.20 bits per heavy atom. The zero-order chi connectivity index (χ0) is 14.5. The van der Waals surface area contributed by atoms with E-state index in [9.17, 15) is 4.39 Å². The van der Waals surface area contributed by atoms with Crippen LogP contribution in [-0.4, -0.2) is 23.6 Å². The van der Waals surface area contributed by atoms with Crippen LogP contribution in [0, 0.1) is 5.82 Å². The number of hydrogen-bond donors (Lipinski definition) is 2. The molecule has 1 heterocycles. The minimum atomic E-state index is -0.409. The van der Waals surface area contributed by atoms with Crippen LogP contribution >= 0.6 is 15.9 Å². The van der Waals surface area contributed by atoms with Crippen molar-refractivity contribution < 1.29 is 9.13 Å². The molecule has 1 aromatic heterocycles. The summed E-state index contributed by atoms with van der Waals surface area (Å²) in [6.45, 7) is 2.69. The van der Waals surface area contributed by atoms with Gasteiger partial charge in [0.25, 0.3) is 0 Å². The summed E-state index contributed by atoms with van der Waals surface area (Å²) in [7, 11) is 1.42. The number of ether oxygens (including phenoxy) is 1. The molecule has 5 nitrogen and oxygen atoms in total. The van der Waals surface area contributed by atoms with E-state index in [0.29, 0.717) is 21.9 Å². The average molecular weight is 341 g/mol. The Bertz CT molecular complexity index is 609. The molecule has 7 heteroatoms. The number of nitrogens with one attached hydrogen (secondary N) is 2. The number of halogens is 2. The second-order valence-corrected chi connectivity index (χ2v) is 4.75. The number of benzene rings is 1. The molecule has 0 atom stereocenters. The summed E-state index contributed by atoms with van der Waals surface area (Å²) < 4.78 is 19.0. The molecule has 106 valence electrons. The highest BCUT2D eigenvalue weighted by Crippen LogP contribution is 2.27. The molecule has 0 aliphatic carbocycles. The van der Waals surface area contributed by atoms with Crippen molar-refractivity contribution in [3.8, 4) is 5.75 Å². The number of rotatable bonds is 5. The first-order chi connectivity index (χ1) is 9.63. The minimum Gasteiger partial charge on any atom is -0.494 e. The molecule has 0 saturated heterocycles. The molecule has 1 aromatic carbocycles. The van der Waals surface area contributed by atoms with Crippen LogP contribution in [0.4, 0.5) is 21.8 Å². The molecule has 0 aliphatic rings. The van der Waals surface area contributed by atoms with Crippen molar-refractivity contribution in [3.05, 3.63) is 34.7 Å². The van der Waals surface area contributed by atoms with E-state index in [-0.39, 0.29) is 5.75 Å². The topological polar surface area (TPSA) is 59.1 Å². The molecule has 2 aromatic rings. The van der Waals surface area contributed by atoms with Gasteiger partial charge < -0.3 is 15.4 Å². The highest BCUT2D eigenvalue weighted by atomic mass is 79.9.